The number of primary amides is 1. The number of ketones is 2. The van der Waals surface area contributed by atoms with Gasteiger partial charge in [0.15, 0.2) is 29.5 Å². The number of sulfone groups is 3. The molecule has 0 aromatic heterocycles. The Kier molecular flexibility index (Phi) is 74.8. The summed E-state index contributed by atoms with van der Waals surface area (Å²) in [5.74, 6) is -2.23. The number of nitrogens with two attached hydrogens (primary N) is 2. The number of benzene rings is 7. The van der Waals surface area contributed by atoms with Crippen molar-refractivity contribution in [2.75, 3.05) is 66.4 Å². The fourth-order valence-electron chi connectivity index (χ4n) is 7.57. The summed E-state index contributed by atoms with van der Waals surface area (Å²) in [5, 5.41) is 41.9. The molecule has 0 unspecified atom stereocenters. The number of aliphatic hydroxyl groups is 1. The molecule has 7 rings (SSSR count). The maximum absolute atomic E-state index is 11.5. The first kappa shape index (κ1) is 117. The van der Waals surface area contributed by atoms with Crippen molar-refractivity contribution < 1.29 is 151 Å². The first-order valence-corrected chi connectivity index (χ1v) is 44.0. The molecule has 0 saturated heterocycles. The zero-order valence-electron chi connectivity index (χ0n) is 65.8. The predicted molar refractivity (Wildman–Crippen MR) is 468 cm³/mol. The van der Waals surface area contributed by atoms with Crippen LogP contribution < -0.4 is 62.9 Å². The molecular formula is C77H100Cl4FKN2O20S9. The van der Waals surface area contributed by atoms with E-state index in [1.807, 2.05) is 49.9 Å². The van der Waals surface area contributed by atoms with Crippen LogP contribution in [-0.2, 0) is 130 Å². The minimum Gasteiger partial charge on any atom is -0.514 e. The summed E-state index contributed by atoms with van der Waals surface area (Å²) in [6, 6.07) is 48.0. The Morgan fingerprint density at radius 3 is 0.930 bits per heavy atom. The van der Waals surface area contributed by atoms with Crippen LogP contribution in [0.1, 0.15) is 103 Å². The van der Waals surface area contributed by atoms with E-state index >= 15 is 0 Å². The van der Waals surface area contributed by atoms with E-state index < -0.39 is 66.4 Å². The molecule has 114 heavy (non-hydrogen) atoms. The van der Waals surface area contributed by atoms with Crippen LogP contribution in [0.5, 0.6) is 0 Å². The van der Waals surface area contributed by atoms with Gasteiger partial charge < -0.3 is 71.3 Å². The van der Waals surface area contributed by atoms with Crippen molar-refractivity contribution in [2.24, 2.45) is 5.73 Å². The van der Waals surface area contributed by atoms with Gasteiger partial charge in [-0.25, -0.2) is 25.3 Å². The summed E-state index contributed by atoms with van der Waals surface area (Å²) in [5.41, 5.74) is 16.7. The number of aliphatic carboxylic acids is 4. The van der Waals surface area contributed by atoms with Gasteiger partial charge in [0.1, 0.15) is 11.6 Å². The first-order chi connectivity index (χ1) is 53.5. The van der Waals surface area contributed by atoms with E-state index in [0.717, 1.165) is 48.9 Å². The second kappa shape index (κ2) is 72.8. The van der Waals surface area contributed by atoms with Crippen molar-refractivity contribution in [1.29, 1.82) is 0 Å². The number of nitrogen functional groups attached to an aromatic ring is 1. The molecule has 0 bridgehead atoms. The number of carbonyl (C=O) groups excluding carboxylic acids is 3. The molecule has 1 amide bonds. The van der Waals surface area contributed by atoms with Crippen LogP contribution in [0.2, 0.25) is 0 Å². The largest absolute Gasteiger partial charge is 1.00 e. The zero-order valence-corrected chi connectivity index (χ0v) is 78.4. The van der Waals surface area contributed by atoms with E-state index in [0.29, 0.717) is 46.6 Å². The third-order valence-corrected chi connectivity index (χ3v) is 20.3. The van der Waals surface area contributed by atoms with Gasteiger partial charge in [-0.2, -0.15) is 0 Å². The molecule has 0 aliphatic carbocycles. The summed E-state index contributed by atoms with van der Waals surface area (Å²) in [7, 11) is -10.5. The van der Waals surface area contributed by atoms with Crippen LogP contribution >= 0.6 is 107 Å². The number of ether oxygens (including phenoxy) is 2. The van der Waals surface area contributed by atoms with Crippen LogP contribution in [0.4, 0.5) is 10.1 Å². The number of thioether (sulfide) groups is 2. The molecule has 0 radical (unpaired) electrons. The van der Waals surface area contributed by atoms with Crippen LogP contribution in [0.15, 0.2) is 199 Å². The number of Topliss-reactive ketones (excluding diaryl/α,β-unsaturated/α-hetero) is 2. The number of anilines is 1. The summed E-state index contributed by atoms with van der Waals surface area (Å²) in [6.07, 6.45) is 1.12. The van der Waals surface area contributed by atoms with Gasteiger partial charge in [-0.05, 0) is 188 Å². The first-order valence-electron chi connectivity index (χ1n) is 34.1. The van der Waals surface area contributed by atoms with E-state index in [1.165, 1.54) is 60.0 Å². The number of carbonyl (C=O) groups is 7. The number of hydrogen-bond acceptors (Lipinski definition) is 23. The minimum atomic E-state index is -3.19. The number of alkyl halides is 5. The Morgan fingerprint density at radius 1 is 0.474 bits per heavy atom. The standard InChI is InChI=1S/C11H12O3S2.C11H14O3S.C11H14OS.C10H13NO3S.C10H12O4S.C8H9NO2.C8H8O2S.C3H6OS2.C2H6O.2CH2Cl2.CH3F.K/c1-2-14-11(15)16-9-5-3-8(4-6-9)7-10(12)13;1-3-15(13,14)11-6-4-10(5-7-11)8-9(2)12;1-3-13-11-6-4-10(5-7-11)8-9(2)12;2*1-2-15(13,14)9-5-3-8(4-6-9)7-10(11)12;9-7-3-1-6(2-4-7)5-8(10)11;9-8(10)5-6-1-3-7(11)4-2-6;1-2-4-3(5)6;1-2-3;2*2-1-3;1-2;/h3-6H,2,7H2,1H3,(H,12,13);4-7H,3,8H2,1-2H3;4-7H,3,8H2,1-2H3;3-6H,2,7H2,1H3,(H2,11,12);3-6H,2,7H2,1H3,(H,11,12);1-4H,5,9H2,(H,10,11);1-4,11H,5H2,(H,9,10);2H2,1H3,(H,5,6);3H,2H2,1H3;2*1H2;1H3;/q;;;;;;;;;;;;+1/p-1/i;;;;;;;;;;;1D;. The maximum atomic E-state index is 11.5. The van der Waals surface area contributed by atoms with E-state index in [9.17, 15) is 63.2 Å². The molecular weight excluding hydrogens is 1760 g/mol. The van der Waals surface area contributed by atoms with E-state index in [4.69, 9.17) is 102 Å². The van der Waals surface area contributed by atoms with Crippen molar-refractivity contribution in [3.63, 3.8) is 0 Å². The predicted octanol–water partition coefficient (Wildman–Crippen LogP) is 12.7. The number of carboxylic acids is 4. The summed E-state index contributed by atoms with van der Waals surface area (Å²) in [4.78, 5) is 77.5. The Labute approximate surface area is 764 Å². The Morgan fingerprint density at radius 2 is 0.711 bits per heavy atom. The van der Waals surface area contributed by atoms with Crippen LogP contribution in [-0.4, -0.2) is 162 Å². The van der Waals surface area contributed by atoms with E-state index in [1.54, 1.807) is 132 Å². The van der Waals surface area contributed by atoms with Gasteiger partial charge in [-0.15, -0.1) is 70.8 Å². The molecule has 0 fully saturated rings. The van der Waals surface area contributed by atoms with Crippen LogP contribution in [0.3, 0.4) is 0 Å². The fraction of sp³-hybridized carbons (Fsp3) is 0.338. The van der Waals surface area contributed by atoms with E-state index in [2.05, 4.69) is 61.3 Å². The number of halogens is 5. The monoisotopic (exact) mass is 1860 g/mol. The second-order valence-corrected chi connectivity index (χ2v) is 34.4. The molecule has 0 aliphatic rings. The van der Waals surface area contributed by atoms with Crippen molar-refractivity contribution in [1.82, 2.24) is 0 Å². The number of carboxylic acid groups (broad SMARTS) is 4. The fourth-order valence-corrected chi connectivity index (χ4v) is 12.3. The molecule has 37 heteroatoms. The van der Waals surface area contributed by atoms with Crippen molar-refractivity contribution in [3.8, 4) is 0 Å². The summed E-state index contributed by atoms with van der Waals surface area (Å²) < 4.78 is 94.6. The van der Waals surface area contributed by atoms with Crippen LogP contribution in [0.25, 0.3) is 0 Å². The molecule has 628 valence electrons. The Balaban J connectivity index is -0.000000291. The number of thiocarbonyl (C=S) groups is 2. The zero-order chi connectivity index (χ0) is 88.4. The number of hydrogen-bond donors (Lipinski definition) is 8. The molecule has 0 spiro atoms. The molecule has 9 N–H and O–H groups in total. The number of rotatable bonds is 25. The molecule has 0 heterocycles. The minimum absolute atomic E-state index is 0. The average Bonchev–Trinajstić information content (AvgIpc) is 0.856. The van der Waals surface area contributed by atoms with Gasteiger partial charge in [0.25, 0.3) is 0 Å². The topological polar surface area (TPSA) is 394 Å². The second-order valence-electron chi connectivity index (χ2n) is 21.4. The number of aliphatic hydroxyl groups excluding tert-OH is 1. The van der Waals surface area contributed by atoms with Gasteiger partial charge in [0, 0.05) is 44.2 Å². The SMILES string of the molecule is CCO.CCOC(=S)Sc1ccc(CC(=O)O)cc1.CCOC(=S)[S-].CCS(=O)(=O)c1ccc(CC(=O)O)cc1.CCS(=O)(=O)c1ccc(CC(C)=O)cc1.CCS(=O)(=O)c1ccc(CC(N)=O)cc1.CCSc1ccc(CC(C)=O)cc1.ClCCl.ClCCl.Nc1ccc(CC(=O)O)cc1.O=C(O)Cc1ccc(S)cc1.[2H]CF.[K+]. The molecule has 0 aliphatic heterocycles. The van der Waals surface area contributed by atoms with Gasteiger partial charge in [0.2, 0.25) is 10.3 Å². The molecule has 7 aromatic rings. The molecule has 22 nitrogen and oxygen atoms in total. The summed E-state index contributed by atoms with van der Waals surface area (Å²) >= 11 is 40.1. The number of amides is 1. The van der Waals surface area contributed by atoms with Crippen molar-refractivity contribution >= 4 is 205 Å². The third kappa shape index (κ3) is 67.6. The molecule has 7 aromatic carbocycles. The van der Waals surface area contributed by atoms with Crippen molar-refractivity contribution in [2.45, 2.75) is 137 Å². The molecule has 0 saturated carbocycles. The van der Waals surface area contributed by atoms with Gasteiger partial charge in [0.05, 0.1) is 96.5 Å². The number of thiol groups is 1. The average molecular weight is 1860 g/mol. The van der Waals surface area contributed by atoms with Crippen molar-refractivity contribution in [3.05, 3.63) is 209 Å². The smallest absolute Gasteiger partial charge is 0.514 e. The quantitative estimate of drug-likeness (QED) is 0.00501. The Bertz CT molecular complexity index is 3960. The third-order valence-electron chi connectivity index (χ3n) is 12.5. The van der Waals surface area contributed by atoms with Crippen LogP contribution in [0, 0.1) is 0 Å². The normalized spacial score (nSPS) is 9.84. The van der Waals surface area contributed by atoms with Gasteiger partial charge in [-0.1, -0.05) is 113 Å². The maximum Gasteiger partial charge on any atom is 1.00 e. The van der Waals surface area contributed by atoms with Gasteiger partial charge in [-0.3, -0.25) is 38.0 Å². The van der Waals surface area contributed by atoms with E-state index in [-0.39, 0.29) is 144 Å². The van der Waals surface area contributed by atoms with Gasteiger partial charge >= 0.3 is 75.3 Å². The summed E-state index contributed by atoms with van der Waals surface area (Å²) in [6.45, 7) is 16.8. The molecule has 0 atom stereocenters. The Hall–Kier alpha value is -5.38.